The predicted molar refractivity (Wildman–Crippen MR) is 95.6 cm³/mol. The molecular formula is C18H28N4O3. The predicted octanol–water partition coefficient (Wildman–Crippen LogP) is 0.920. The summed E-state index contributed by atoms with van der Waals surface area (Å²) < 4.78 is 5.30. The first-order valence-electron chi connectivity index (χ1n) is 8.90. The van der Waals surface area contributed by atoms with Crippen molar-refractivity contribution in [3.8, 4) is 0 Å². The van der Waals surface area contributed by atoms with E-state index in [0.29, 0.717) is 19.0 Å². The van der Waals surface area contributed by atoms with E-state index in [1.807, 2.05) is 0 Å². The van der Waals surface area contributed by atoms with Gasteiger partial charge in [0.2, 0.25) is 0 Å². The smallest absolute Gasteiger partial charge is 0.269 e. The van der Waals surface area contributed by atoms with Gasteiger partial charge >= 0.3 is 0 Å². The number of nitrogens with zero attached hydrogens (tertiary/aromatic N) is 2. The molecule has 0 unspecified atom stereocenters. The molecule has 1 aromatic rings. The maximum absolute atomic E-state index is 12.2. The summed E-state index contributed by atoms with van der Waals surface area (Å²) in [5.41, 5.74) is 0.531. The highest BCUT2D eigenvalue weighted by molar-refractivity contribution is 5.96. The van der Waals surface area contributed by atoms with Crippen molar-refractivity contribution in [3.05, 3.63) is 29.6 Å². The number of pyridine rings is 1. The zero-order valence-corrected chi connectivity index (χ0v) is 15.1. The Morgan fingerprint density at radius 1 is 1.12 bits per heavy atom. The Hall–Kier alpha value is -1.99. The zero-order chi connectivity index (χ0) is 18.1. The van der Waals surface area contributed by atoms with Gasteiger partial charge in [-0.05, 0) is 24.5 Å². The molecule has 1 aromatic heterocycles. The van der Waals surface area contributed by atoms with Gasteiger partial charge in [-0.15, -0.1) is 0 Å². The fourth-order valence-electron chi connectivity index (χ4n) is 2.50. The number of morpholine rings is 1. The Kier molecular flexibility index (Phi) is 7.81. The second-order valence-electron chi connectivity index (χ2n) is 6.56. The van der Waals surface area contributed by atoms with E-state index in [-0.39, 0.29) is 23.2 Å². The third-order valence-corrected chi connectivity index (χ3v) is 4.04. The molecule has 0 aromatic carbocycles. The maximum Gasteiger partial charge on any atom is 0.269 e. The molecule has 0 bridgehead atoms. The van der Waals surface area contributed by atoms with Crippen LogP contribution in [0.5, 0.6) is 0 Å². The van der Waals surface area contributed by atoms with Crippen LogP contribution in [-0.2, 0) is 4.74 Å². The average molecular weight is 348 g/mol. The van der Waals surface area contributed by atoms with E-state index in [4.69, 9.17) is 4.74 Å². The number of carbonyl (C=O) groups is 2. The van der Waals surface area contributed by atoms with Gasteiger partial charge in [-0.3, -0.25) is 14.5 Å². The monoisotopic (exact) mass is 348 g/mol. The highest BCUT2D eigenvalue weighted by Crippen LogP contribution is 2.02. The number of nitrogens with one attached hydrogen (secondary N) is 2. The fourth-order valence-corrected chi connectivity index (χ4v) is 2.50. The van der Waals surface area contributed by atoms with Gasteiger partial charge in [0.1, 0.15) is 11.4 Å². The lowest BCUT2D eigenvalue weighted by atomic mass is 10.1. The summed E-state index contributed by atoms with van der Waals surface area (Å²) in [4.78, 5) is 30.7. The minimum atomic E-state index is -0.259. The molecule has 2 amide bonds. The second-order valence-corrected chi connectivity index (χ2v) is 6.56. The molecule has 0 atom stereocenters. The molecule has 1 aliphatic rings. The largest absolute Gasteiger partial charge is 0.379 e. The molecule has 2 rings (SSSR count). The summed E-state index contributed by atoms with van der Waals surface area (Å²) in [7, 11) is 0. The maximum atomic E-state index is 12.2. The van der Waals surface area contributed by atoms with E-state index in [1.165, 1.54) is 0 Å². The van der Waals surface area contributed by atoms with Crippen LogP contribution in [0, 0.1) is 5.92 Å². The van der Waals surface area contributed by atoms with Crippen molar-refractivity contribution in [1.82, 2.24) is 20.5 Å². The molecule has 1 fully saturated rings. The lowest BCUT2D eigenvalue weighted by molar-refractivity contribution is 0.0383. The van der Waals surface area contributed by atoms with Crippen molar-refractivity contribution in [2.75, 3.05) is 45.9 Å². The van der Waals surface area contributed by atoms with Crippen molar-refractivity contribution in [1.29, 1.82) is 0 Å². The van der Waals surface area contributed by atoms with Crippen LogP contribution in [0.2, 0.25) is 0 Å². The Bertz CT molecular complexity index is 571. The quantitative estimate of drug-likeness (QED) is 0.730. The first-order chi connectivity index (χ1) is 12.1. The van der Waals surface area contributed by atoms with Gasteiger partial charge in [-0.25, -0.2) is 4.98 Å². The van der Waals surface area contributed by atoms with Crippen LogP contribution in [-0.4, -0.2) is 67.6 Å². The topological polar surface area (TPSA) is 83.6 Å². The summed E-state index contributed by atoms with van der Waals surface area (Å²) in [6.45, 7) is 9.40. The van der Waals surface area contributed by atoms with Crippen molar-refractivity contribution in [2.24, 2.45) is 5.92 Å². The van der Waals surface area contributed by atoms with Gasteiger partial charge < -0.3 is 15.4 Å². The summed E-state index contributed by atoms with van der Waals surface area (Å²) in [5, 5.41) is 5.69. The van der Waals surface area contributed by atoms with Crippen molar-refractivity contribution >= 4 is 11.8 Å². The van der Waals surface area contributed by atoms with Gasteiger partial charge in [0.25, 0.3) is 11.8 Å². The third-order valence-electron chi connectivity index (χ3n) is 4.04. The van der Waals surface area contributed by atoms with Crippen LogP contribution in [0.4, 0.5) is 0 Å². The highest BCUT2D eigenvalue weighted by Gasteiger charge is 2.13. The van der Waals surface area contributed by atoms with E-state index < -0.39 is 0 Å². The Balaban J connectivity index is 1.80. The number of rotatable bonds is 8. The summed E-state index contributed by atoms with van der Waals surface area (Å²) in [6.07, 6.45) is 0.910. The van der Waals surface area contributed by atoms with Gasteiger partial charge in [0.15, 0.2) is 0 Å². The van der Waals surface area contributed by atoms with Gasteiger partial charge in [0.05, 0.1) is 13.2 Å². The number of aromatic nitrogens is 1. The molecule has 0 saturated carbocycles. The number of carbonyl (C=O) groups excluding carboxylic acids is 2. The minimum Gasteiger partial charge on any atom is -0.379 e. The molecule has 1 aliphatic heterocycles. The molecule has 7 nitrogen and oxygen atoms in total. The summed E-state index contributed by atoms with van der Waals surface area (Å²) in [6, 6.07) is 4.92. The number of hydrogen-bond acceptors (Lipinski definition) is 5. The SMILES string of the molecule is CC(C)CCNC(=O)c1cccc(C(=O)NCCN2CCOCC2)n1. The van der Waals surface area contributed by atoms with Crippen LogP contribution in [0.15, 0.2) is 18.2 Å². The van der Waals surface area contributed by atoms with Crippen LogP contribution in [0.1, 0.15) is 41.2 Å². The molecule has 0 spiro atoms. The summed E-state index contributed by atoms with van der Waals surface area (Å²) in [5.74, 6) is 0.0190. The minimum absolute atomic E-state index is 0.247. The molecule has 2 N–H and O–H groups in total. The van der Waals surface area contributed by atoms with Crippen molar-refractivity contribution < 1.29 is 14.3 Å². The molecule has 2 heterocycles. The standard InChI is InChI=1S/C18H28N4O3/c1-14(2)6-7-19-17(23)15-4-3-5-16(21-15)18(24)20-8-9-22-10-12-25-13-11-22/h3-5,14H,6-13H2,1-2H3,(H,19,23)(H,20,24). The van der Waals surface area contributed by atoms with Crippen LogP contribution in [0.25, 0.3) is 0 Å². The van der Waals surface area contributed by atoms with E-state index in [0.717, 1.165) is 39.3 Å². The lowest BCUT2D eigenvalue weighted by Crippen LogP contribution is -2.41. The normalized spacial score (nSPS) is 15.2. The molecule has 0 aliphatic carbocycles. The van der Waals surface area contributed by atoms with Crippen molar-refractivity contribution in [2.45, 2.75) is 20.3 Å². The van der Waals surface area contributed by atoms with E-state index in [9.17, 15) is 9.59 Å². The highest BCUT2D eigenvalue weighted by atomic mass is 16.5. The number of ether oxygens (including phenoxy) is 1. The van der Waals surface area contributed by atoms with Gasteiger partial charge in [0, 0.05) is 32.7 Å². The van der Waals surface area contributed by atoms with Gasteiger partial charge in [-0.2, -0.15) is 0 Å². The number of hydrogen-bond donors (Lipinski definition) is 2. The van der Waals surface area contributed by atoms with E-state index in [2.05, 4.69) is 34.4 Å². The Labute approximate surface area is 149 Å². The van der Waals surface area contributed by atoms with Crippen LogP contribution < -0.4 is 10.6 Å². The fraction of sp³-hybridized carbons (Fsp3) is 0.611. The number of amides is 2. The second kappa shape index (κ2) is 10.1. The van der Waals surface area contributed by atoms with E-state index in [1.54, 1.807) is 18.2 Å². The molecule has 1 saturated heterocycles. The van der Waals surface area contributed by atoms with Crippen LogP contribution >= 0.6 is 0 Å². The summed E-state index contributed by atoms with van der Waals surface area (Å²) >= 11 is 0. The molecular weight excluding hydrogens is 320 g/mol. The average Bonchev–Trinajstić information content (AvgIpc) is 2.62. The van der Waals surface area contributed by atoms with Gasteiger partial charge in [-0.1, -0.05) is 19.9 Å². The lowest BCUT2D eigenvalue weighted by Gasteiger charge is -2.26. The van der Waals surface area contributed by atoms with E-state index >= 15 is 0 Å². The molecule has 0 radical (unpaired) electrons. The first kappa shape index (κ1) is 19.3. The first-order valence-corrected chi connectivity index (χ1v) is 8.90. The molecule has 25 heavy (non-hydrogen) atoms. The van der Waals surface area contributed by atoms with Crippen molar-refractivity contribution in [3.63, 3.8) is 0 Å². The molecule has 7 heteroatoms. The third kappa shape index (κ3) is 6.80. The Morgan fingerprint density at radius 3 is 2.32 bits per heavy atom. The van der Waals surface area contributed by atoms with Crippen LogP contribution in [0.3, 0.4) is 0 Å². The molecule has 138 valence electrons. The zero-order valence-electron chi connectivity index (χ0n) is 15.1. The Morgan fingerprint density at radius 2 is 1.72 bits per heavy atom.